The van der Waals surface area contributed by atoms with Crippen LogP contribution in [0.15, 0.2) is 36.4 Å². The van der Waals surface area contributed by atoms with Gasteiger partial charge in [0.05, 0.1) is 18.8 Å². The van der Waals surface area contributed by atoms with Crippen molar-refractivity contribution in [3.8, 4) is 0 Å². The maximum Gasteiger partial charge on any atom is 0.275 e. The minimum atomic E-state index is -0.0792. The Morgan fingerprint density at radius 2 is 1.90 bits per heavy atom. The van der Waals surface area contributed by atoms with E-state index in [0.29, 0.717) is 24.8 Å². The number of nitrogens with zero attached hydrogens (tertiary/aromatic N) is 4. The molecule has 2 saturated heterocycles. The van der Waals surface area contributed by atoms with Gasteiger partial charge in [-0.25, -0.2) is 0 Å². The fraction of sp³-hybridized carbons (Fsp3) is 0.565. The quantitative estimate of drug-likeness (QED) is 0.782. The summed E-state index contributed by atoms with van der Waals surface area (Å²) < 4.78 is 8.13. The van der Waals surface area contributed by atoms with Crippen LogP contribution in [0, 0.1) is 0 Å². The van der Waals surface area contributed by atoms with Gasteiger partial charge in [-0.05, 0) is 50.4 Å². The van der Waals surface area contributed by atoms with E-state index in [9.17, 15) is 4.79 Å². The van der Waals surface area contributed by atoms with Crippen LogP contribution < -0.4 is 0 Å². The van der Waals surface area contributed by atoms with Gasteiger partial charge < -0.3 is 14.5 Å². The van der Waals surface area contributed by atoms with E-state index in [4.69, 9.17) is 4.74 Å². The summed E-state index contributed by atoms with van der Waals surface area (Å²) in [5.74, 6) is 0.600. The third kappa shape index (κ3) is 3.83. The highest BCUT2D eigenvalue weighted by molar-refractivity contribution is 5.93. The average Bonchev–Trinajstić information content (AvgIpc) is 3.32. The van der Waals surface area contributed by atoms with Crippen LogP contribution in [0.3, 0.4) is 0 Å². The SMILES string of the molecule is Cn1nc(C(=O)N2CCO[C@@H](CN3CCCC3)[C@@H]2c2ccccc2)cc1C1CC1. The summed E-state index contributed by atoms with van der Waals surface area (Å²) in [5.41, 5.74) is 2.90. The van der Waals surface area contributed by atoms with Gasteiger partial charge in [-0.1, -0.05) is 30.3 Å². The molecular formula is C23H30N4O2. The number of aryl methyl sites for hydroxylation is 1. The van der Waals surface area contributed by atoms with Crippen LogP contribution >= 0.6 is 0 Å². The number of amides is 1. The van der Waals surface area contributed by atoms with Crippen molar-refractivity contribution in [2.24, 2.45) is 7.05 Å². The highest BCUT2D eigenvalue weighted by atomic mass is 16.5. The monoisotopic (exact) mass is 394 g/mol. The average molecular weight is 395 g/mol. The maximum absolute atomic E-state index is 13.6. The molecule has 0 N–H and O–H groups in total. The van der Waals surface area contributed by atoms with Crippen LogP contribution in [0.5, 0.6) is 0 Å². The van der Waals surface area contributed by atoms with Gasteiger partial charge in [0, 0.05) is 31.7 Å². The summed E-state index contributed by atoms with van der Waals surface area (Å²) in [4.78, 5) is 18.0. The van der Waals surface area contributed by atoms with Crippen LogP contribution in [0.2, 0.25) is 0 Å². The van der Waals surface area contributed by atoms with Gasteiger partial charge in [-0.2, -0.15) is 5.10 Å². The minimum absolute atomic E-state index is 0.0141. The zero-order valence-corrected chi connectivity index (χ0v) is 17.2. The topological polar surface area (TPSA) is 50.6 Å². The van der Waals surface area contributed by atoms with Crippen molar-refractivity contribution in [1.82, 2.24) is 19.6 Å². The van der Waals surface area contributed by atoms with Crippen LogP contribution in [0.25, 0.3) is 0 Å². The lowest BCUT2D eigenvalue weighted by atomic mass is 9.97. The van der Waals surface area contributed by atoms with Crippen molar-refractivity contribution in [3.63, 3.8) is 0 Å². The summed E-state index contributed by atoms with van der Waals surface area (Å²) in [6.07, 6.45) is 4.90. The Labute approximate surface area is 172 Å². The predicted octanol–water partition coefficient (Wildman–Crippen LogP) is 2.98. The zero-order chi connectivity index (χ0) is 19.8. The van der Waals surface area contributed by atoms with Crippen molar-refractivity contribution in [3.05, 3.63) is 53.3 Å². The molecule has 154 valence electrons. The molecule has 3 aliphatic rings. The second-order valence-electron chi connectivity index (χ2n) is 8.62. The van der Waals surface area contributed by atoms with Gasteiger partial charge in [0.1, 0.15) is 0 Å². The van der Waals surface area contributed by atoms with Crippen molar-refractivity contribution in [2.75, 3.05) is 32.8 Å². The molecule has 2 aromatic rings. The molecular weight excluding hydrogens is 364 g/mol. The van der Waals surface area contributed by atoms with E-state index in [2.05, 4.69) is 22.1 Å². The Hall–Kier alpha value is -2.18. The Morgan fingerprint density at radius 1 is 1.14 bits per heavy atom. The van der Waals surface area contributed by atoms with Gasteiger partial charge in [0.25, 0.3) is 5.91 Å². The van der Waals surface area contributed by atoms with E-state index < -0.39 is 0 Å². The molecule has 2 aliphatic heterocycles. The molecule has 1 saturated carbocycles. The van der Waals surface area contributed by atoms with Gasteiger partial charge in [0.2, 0.25) is 0 Å². The molecule has 3 heterocycles. The number of benzene rings is 1. The highest BCUT2D eigenvalue weighted by Crippen LogP contribution is 2.40. The first kappa shape index (κ1) is 18.8. The predicted molar refractivity (Wildman–Crippen MR) is 111 cm³/mol. The second-order valence-corrected chi connectivity index (χ2v) is 8.62. The van der Waals surface area contributed by atoms with Gasteiger partial charge in [0.15, 0.2) is 5.69 Å². The first-order valence-corrected chi connectivity index (χ1v) is 10.9. The molecule has 1 aromatic heterocycles. The smallest absolute Gasteiger partial charge is 0.275 e. The van der Waals surface area contributed by atoms with Gasteiger partial charge >= 0.3 is 0 Å². The van der Waals surface area contributed by atoms with E-state index in [-0.39, 0.29) is 18.1 Å². The van der Waals surface area contributed by atoms with E-state index in [1.807, 2.05) is 40.9 Å². The number of morpholine rings is 1. The fourth-order valence-corrected chi connectivity index (χ4v) is 4.87. The fourth-order valence-electron chi connectivity index (χ4n) is 4.87. The van der Waals surface area contributed by atoms with E-state index >= 15 is 0 Å². The Kier molecular flexibility index (Phi) is 5.14. The largest absolute Gasteiger partial charge is 0.373 e. The van der Waals surface area contributed by atoms with Crippen LogP contribution in [-0.4, -0.2) is 64.4 Å². The van der Waals surface area contributed by atoms with E-state index in [0.717, 1.165) is 25.2 Å². The molecule has 3 fully saturated rings. The molecule has 0 radical (unpaired) electrons. The standard InChI is InChI=1S/C23H30N4O2/c1-25-20(17-9-10-17)15-19(24-25)23(28)27-13-14-29-21(16-26-11-5-6-12-26)22(27)18-7-3-2-4-8-18/h2-4,7-8,15,17,21-22H,5-6,9-14,16H2,1H3/t21-,22-/m0/s1. The molecule has 1 aromatic carbocycles. The summed E-state index contributed by atoms with van der Waals surface area (Å²) >= 11 is 0. The normalized spacial score (nSPS) is 25.5. The lowest BCUT2D eigenvalue weighted by Gasteiger charge is -2.42. The molecule has 2 atom stereocenters. The molecule has 6 nitrogen and oxygen atoms in total. The Balaban J connectivity index is 1.44. The summed E-state index contributed by atoms with van der Waals surface area (Å²) in [6, 6.07) is 12.3. The summed E-state index contributed by atoms with van der Waals surface area (Å²) in [7, 11) is 1.95. The number of hydrogen-bond donors (Lipinski definition) is 0. The summed E-state index contributed by atoms with van der Waals surface area (Å²) in [5, 5.41) is 4.58. The maximum atomic E-state index is 13.6. The second kappa shape index (κ2) is 7.92. The highest BCUT2D eigenvalue weighted by Gasteiger charge is 2.39. The summed E-state index contributed by atoms with van der Waals surface area (Å²) in [6.45, 7) is 4.31. The number of aromatic nitrogens is 2. The lowest BCUT2D eigenvalue weighted by molar-refractivity contribution is -0.0708. The molecule has 6 heteroatoms. The van der Waals surface area contributed by atoms with Crippen molar-refractivity contribution < 1.29 is 9.53 Å². The molecule has 0 spiro atoms. The number of hydrogen-bond acceptors (Lipinski definition) is 4. The van der Waals surface area contributed by atoms with E-state index in [1.165, 1.54) is 31.4 Å². The molecule has 1 amide bonds. The molecule has 5 rings (SSSR count). The lowest BCUT2D eigenvalue weighted by Crippen LogP contribution is -2.51. The first-order valence-electron chi connectivity index (χ1n) is 10.9. The van der Waals surface area contributed by atoms with E-state index in [1.54, 1.807) is 0 Å². The first-order chi connectivity index (χ1) is 14.2. The molecule has 0 unspecified atom stereocenters. The number of rotatable bonds is 5. The molecule has 1 aliphatic carbocycles. The van der Waals surface area contributed by atoms with Crippen LogP contribution in [0.1, 0.15) is 59.4 Å². The number of likely N-dealkylation sites (tertiary alicyclic amines) is 1. The molecule has 0 bridgehead atoms. The Morgan fingerprint density at radius 3 is 2.62 bits per heavy atom. The third-order valence-corrected chi connectivity index (χ3v) is 6.52. The number of carbonyl (C=O) groups excluding carboxylic acids is 1. The number of carbonyl (C=O) groups is 1. The van der Waals surface area contributed by atoms with Crippen molar-refractivity contribution in [2.45, 2.75) is 43.7 Å². The Bertz CT molecular complexity index is 855. The van der Waals surface area contributed by atoms with Gasteiger partial charge in [-0.3, -0.25) is 9.48 Å². The van der Waals surface area contributed by atoms with Crippen LogP contribution in [0.4, 0.5) is 0 Å². The minimum Gasteiger partial charge on any atom is -0.373 e. The zero-order valence-electron chi connectivity index (χ0n) is 17.2. The van der Waals surface area contributed by atoms with Gasteiger partial charge in [-0.15, -0.1) is 0 Å². The molecule has 29 heavy (non-hydrogen) atoms. The number of ether oxygens (including phenoxy) is 1. The third-order valence-electron chi connectivity index (χ3n) is 6.52. The van der Waals surface area contributed by atoms with Crippen molar-refractivity contribution in [1.29, 1.82) is 0 Å². The van der Waals surface area contributed by atoms with Crippen LogP contribution in [-0.2, 0) is 11.8 Å². The van der Waals surface area contributed by atoms with Crippen molar-refractivity contribution >= 4 is 5.91 Å².